The van der Waals surface area contributed by atoms with Crippen LogP contribution < -0.4 is 0 Å². The molecule has 0 aromatic carbocycles. The molecule has 0 spiro atoms. The Morgan fingerprint density at radius 3 is 1.74 bits per heavy atom. The van der Waals surface area contributed by atoms with Crippen LogP contribution >= 0.6 is 0 Å². The molecular weight excluding hydrogens is 358 g/mol. The van der Waals surface area contributed by atoms with Crippen molar-refractivity contribution in [3.05, 3.63) is 0 Å². The Morgan fingerprint density at radius 2 is 1.26 bits per heavy atom. The summed E-state index contributed by atoms with van der Waals surface area (Å²) in [5.74, 6) is 0. The molecule has 1 unspecified atom stereocenters. The summed E-state index contributed by atoms with van der Waals surface area (Å²) in [4.78, 5) is 0. The van der Waals surface area contributed by atoms with Gasteiger partial charge in [-0.25, -0.2) is 0 Å². The molecule has 1 aliphatic heterocycles. The smallest absolute Gasteiger partial charge is 0.267 e. The van der Waals surface area contributed by atoms with Crippen LogP contribution in [0, 0.1) is 0 Å². The second kappa shape index (κ2) is 13.9. The summed E-state index contributed by atoms with van der Waals surface area (Å²) in [7, 11) is -1.67. The van der Waals surface area contributed by atoms with Gasteiger partial charge in [0.2, 0.25) is 0 Å². The monoisotopic (exact) mass is 404 g/mol. The van der Waals surface area contributed by atoms with Gasteiger partial charge in [-0.05, 0) is 32.1 Å². The number of rotatable bonds is 15. The van der Waals surface area contributed by atoms with Crippen molar-refractivity contribution in [2.24, 2.45) is 0 Å². The quantitative estimate of drug-likeness (QED) is 0.208. The van der Waals surface area contributed by atoms with Gasteiger partial charge in [-0.1, -0.05) is 71.1 Å². The van der Waals surface area contributed by atoms with Gasteiger partial charge in [0, 0.05) is 6.42 Å². The summed E-state index contributed by atoms with van der Waals surface area (Å²) in [6, 6.07) is 0. The Kier molecular flexibility index (Phi) is 12.9. The predicted molar refractivity (Wildman–Crippen MR) is 116 cm³/mol. The first-order chi connectivity index (χ1) is 12.9. The van der Waals surface area contributed by atoms with Gasteiger partial charge in [0.05, 0.1) is 31.9 Å². The lowest BCUT2D eigenvalue weighted by Crippen LogP contribution is -2.46. The summed E-state index contributed by atoms with van der Waals surface area (Å²) in [6.07, 6.45) is 18.8. The van der Waals surface area contributed by atoms with Gasteiger partial charge in [0.1, 0.15) is 0 Å². The summed E-state index contributed by atoms with van der Waals surface area (Å²) < 4.78 is 34.3. The fourth-order valence-corrected chi connectivity index (χ4v) is 5.30. The van der Waals surface area contributed by atoms with E-state index in [4.69, 9.17) is 0 Å². The van der Waals surface area contributed by atoms with Crippen LogP contribution in [0.4, 0.5) is 0 Å². The topological polar surface area (TPSA) is 54.4 Å². The van der Waals surface area contributed by atoms with Crippen LogP contribution in [-0.4, -0.2) is 49.4 Å². The SMILES string of the molecule is CCCCCCCCCCCCC(CC[N+]1(C)CCCCCC1)S(=O)(=O)O. The Morgan fingerprint density at radius 1 is 0.778 bits per heavy atom. The number of nitrogens with zero attached hydrogens (tertiary/aromatic N) is 1. The molecule has 0 amide bonds. The van der Waals surface area contributed by atoms with E-state index in [2.05, 4.69) is 14.0 Å². The molecule has 162 valence electrons. The molecule has 1 rings (SSSR count). The third-order valence-corrected chi connectivity index (χ3v) is 7.75. The largest absolute Gasteiger partial charge is 0.326 e. The van der Waals surface area contributed by atoms with Crippen LogP contribution in [0.5, 0.6) is 0 Å². The first-order valence-corrected chi connectivity index (χ1v) is 13.2. The van der Waals surface area contributed by atoms with Gasteiger partial charge in [-0.3, -0.25) is 4.55 Å². The van der Waals surface area contributed by atoms with Crippen molar-refractivity contribution in [3.63, 3.8) is 0 Å². The first-order valence-electron chi connectivity index (χ1n) is 11.7. The standard InChI is InChI=1S/C22H45NO3S/c1-3-4-5-6-7-8-9-10-11-14-17-22(27(24,25)26)18-21-23(2)19-15-12-13-16-20-23/h22H,3-21H2,1-2H3/p+1. The molecule has 0 saturated carbocycles. The van der Waals surface area contributed by atoms with Crippen molar-refractivity contribution in [2.45, 2.75) is 115 Å². The maximum absolute atomic E-state index is 11.8. The van der Waals surface area contributed by atoms with E-state index in [0.717, 1.165) is 37.0 Å². The zero-order chi connectivity index (χ0) is 20.0. The van der Waals surface area contributed by atoms with Gasteiger partial charge >= 0.3 is 0 Å². The number of hydrogen-bond donors (Lipinski definition) is 1. The van der Waals surface area contributed by atoms with Crippen molar-refractivity contribution in [1.82, 2.24) is 0 Å². The van der Waals surface area contributed by atoms with Gasteiger partial charge in [-0.2, -0.15) is 8.42 Å². The van der Waals surface area contributed by atoms with E-state index in [9.17, 15) is 13.0 Å². The maximum Gasteiger partial charge on any atom is 0.267 e. The van der Waals surface area contributed by atoms with Crippen molar-refractivity contribution in [3.8, 4) is 0 Å². The molecule has 5 heteroatoms. The van der Waals surface area contributed by atoms with E-state index in [0.29, 0.717) is 12.8 Å². The average Bonchev–Trinajstić information content (AvgIpc) is 2.83. The number of hydrogen-bond acceptors (Lipinski definition) is 2. The molecule has 27 heavy (non-hydrogen) atoms. The summed E-state index contributed by atoms with van der Waals surface area (Å²) in [5.41, 5.74) is 0. The van der Waals surface area contributed by atoms with Crippen molar-refractivity contribution >= 4 is 10.1 Å². The van der Waals surface area contributed by atoms with E-state index in [1.54, 1.807) is 0 Å². The molecule has 1 aliphatic rings. The number of unbranched alkanes of at least 4 members (excludes halogenated alkanes) is 9. The summed E-state index contributed by atoms with van der Waals surface area (Å²) in [6.45, 7) is 5.42. The van der Waals surface area contributed by atoms with E-state index < -0.39 is 15.4 Å². The Balaban J connectivity index is 2.21. The lowest BCUT2D eigenvalue weighted by molar-refractivity contribution is -0.909. The predicted octanol–water partition coefficient (Wildman–Crippen LogP) is 5.96. The fourth-order valence-electron chi connectivity index (χ4n) is 4.43. The minimum atomic E-state index is -3.92. The Labute approximate surface area is 169 Å². The second-order valence-electron chi connectivity index (χ2n) is 9.10. The van der Waals surface area contributed by atoms with E-state index in [1.807, 2.05) is 0 Å². The van der Waals surface area contributed by atoms with E-state index in [1.165, 1.54) is 77.0 Å². The van der Waals surface area contributed by atoms with Crippen molar-refractivity contribution in [2.75, 3.05) is 26.7 Å². The molecule has 1 saturated heterocycles. The van der Waals surface area contributed by atoms with Gasteiger partial charge < -0.3 is 4.48 Å². The molecule has 1 N–H and O–H groups in total. The highest BCUT2D eigenvalue weighted by atomic mass is 32.2. The number of quaternary nitrogens is 1. The molecule has 1 fully saturated rings. The van der Waals surface area contributed by atoms with Crippen LogP contribution in [0.25, 0.3) is 0 Å². The highest BCUT2D eigenvalue weighted by Crippen LogP contribution is 2.21. The van der Waals surface area contributed by atoms with E-state index in [-0.39, 0.29) is 0 Å². The molecule has 0 bridgehead atoms. The van der Waals surface area contributed by atoms with Gasteiger partial charge in [-0.15, -0.1) is 0 Å². The lowest BCUT2D eigenvalue weighted by Gasteiger charge is -2.34. The van der Waals surface area contributed by atoms with Gasteiger partial charge in [0.25, 0.3) is 10.1 Å². The van der Waals surface area contributed by atoms with Crippen LogP contribution in [0.15, 0.2) is 0 Å². The second-order valence-corrected chi connectivity index (χ2v) is 10.8. The fraction of sp³-hybridized carbons (Fsp3) is 1.00. The maximum atomic E-state index is 11.8. The molecule has 4 nitrogen and oxygen atoms in total. The first kappa shape index (κ1) is 24.9. The zero-order valence-electron chi connectivity index (χ0n) is 18.1. The summed E-state index contributed by atoms with van der Waals surface area (Å²) in [5, 5.41) is -0.565. The molecular formula is C22H46NO3S+. The summed E-state index contributed by atoms with van der Waals surface area (Å²) >= 11 is 0. The Bertz CT molecular complexity index is 456. The molecule has 0 aromatic heterocycles. The molecule has 1 atom stereocenters. The lowest BCUT2D eigenvalue weighted by atomic mass is 10.0. The average molecular weight is 405 g/mol. The Hall–Kier alpha value is -0.130. The zero-order valence-corrected chi connectivity index (χ0v) is 18.9. The van der Waals surface area contributed by atoms with Crippen LogP contribution in [0.3, 0.4) is 0 Å². The minimum absolute atomic E-state index is 0.565. The minimum Gasteiger partial charge on any atom is -0.326 e. The highest BCUT2D eigenvalue weighted by Gasteiger charge is 2.29. The van der Waals surface area contributed by atoms with Gasteiger partial charge in [0.15, 0.2) is 0 Å². The third kappa shape index (κ3) is 12.1. The van der Waals surface area contributed by atoms with Crippen LogP contribution in [-0.2, 0) is 10.1 Å². The van der Waals surface area contributed by atoms with E-state index >= 15 is 0 Å². The number of likely N-dealkylation sites (tertiary alicyclic amines) is 1. The normalized spacial score (nSPS) is 18.9. The molecule has 0 radical (unpaired) electrons. The molecule has 1 heterocycles. The molecule has 0 aromatic rings. The van der Waals surface area contributed by atoms with Crippen molar-refractivity contribution in [1.29, 1.82) is 0 Å². The van der Waals surface area contributed by atoms with Crippen LogP contribution in [0.2, 0.25) is 0 Å². The van der Waals surface area contributed by atoms with Crippen molar-refractivity contribution < 1.29 is 17.5 Å². The molecule has 0 aliphatic carbocycles. The van der Waals surface area contributed by atoms with Crippen LogP contribution in [0.1, 0.15) is 110 Å². The highest BCUT2D eigenvalue weighted by molar-refractivity contribution is 7.86. The third-order valence-electron chi connectivity index (χ3n) is 6.44.